The third-order valence-corrected chi connectivity index (χ3v) is 5.88. The normalized spacial score (nSPS) is 11.0. The van der Waals surface area contributed by atoms with Crippen LogP contribution in [-0.4, -0.2) is 21.2 Å². The van der Waals surface area contributed by atoms with E-state index in [0.29, 0.717) is 37.1 Å². The second-order valence-electron chi connectivity index (χ2n) is 6.11. The van der Waals surface area contributed by atoms with Gasteiger partial charge in [-0.1, -0.05) is 11.6 Å². The van der Waals surface area contributed by atoms with Crippen molar-refractivity contribution in [3.8, 4) is 0 Å². The van der Waals surface area contributed by atoms with Crippen molar-refractivity contribution in [1.82, 2.24) is 9.55 Å². The molecule has 28 heavy (non-hydrogen) atoms. The van der Waals surface area contributed by atoms with Crippen LogP contribution >= 0.6 is 22.9 Å². The summed E-state index contributed by atoms with van der Waals surface area (Å²) in [6.45, 7) is 0. The van der Waals surface area contributed by atoms with Crippen LogP contribution in [0.1, 0.15) is 25.9 Å². The molecule has 0 radical (unpaired) electrons. The van der Waals surface area contributed by atoms with Gasteiger partial charge in [0.1, 0.15) is 10.7 Å². The van der Waals surface area contributed by atoms with Gasteiger partial charge in [0.05, 0.1) is 5.02 Å². The fraction of sp³-hybridized carbons (Fsp3) is 0.0500. The Balaban J connectivity index is 1.55. The van der Waals surface area contributed by atoms with Gasteiger partial charge in [0.15, 0.2) is 5.82 Å². The molecule has 0 unspecified atom stereocenters. The number of thiophene rings is 1. The van der Waals surface area contributed by atoms with E-state index in [1.165, 1.54) is 12.1 Å². The predicted molar refractivity (Wildman–Crippen MR) is 108 cm³/mol. The molecule has 2 aromatic heterocycles. The maximum absolute atomic E-state index is 13.4. The minimum atomic E-state index is -0.394. The van der Waals surface area contributed by atoms with Crippen LogP contribution in [0.15, 0.2) is 54.9 Å². The molecule has 2 aromatic carbocycles. The van der Waals surface area contributed by atoms with E-state index in [2.05, 4.69) is 10.3 Å². The first-order chi connectivity index (χ1) is 13.4. The summed E-state index contributed by atoms with van der Waals surface area (Å²) in [4.78, 5) is 29.4. The number of nitrogens with one attached hydrogen (secondary N) is 1. The van der Waals surface area contributed by atoms with Crippen LogP contribution in [0.4, 0.5) is 10.1 Å². The lowest BCUT2D eigenvalue weighted by Gasteiger charge is -2.06. The Morgan fingerprint density at radius 2 is 1.93 bits per heavy atom. The van der Waals surface area contributed by atoms with Crippen LogP contribution < -0.4 is 5.32 Å². The summed E-state index contributed by atoms with van der Waals surface area (Å²) >= 11 is 7.41. The van der Waals surface area contributed by atoms with Crippen LogP contribution in [0.5, 0.6) is 0 Å². The average molecular weight is 414 g/mol. The number of hydrogen-bond acceptors (Lipinski definition) is 4. The lowest BCUT2D eigenvalue weighted by atomic mass is 10.1. The largest absolute Gasteiger partial charge is 0.331 e. The van der Waals surface area contributed by atoms with E-state index in [1.807, 2.05) is 0 Å². The smallest absolute Gasteiger partial charge is 0.267 e. The van der Waals surface area contributed by atoms with E-state index < -0.39 is 5.91 Å². The summed E-state index contributed by atoms with van der Waals surface area (Å²) in [5.41, 5.74) is 0.976. The number of halogens is 2. The quantitative estimate of drug-likeness (QED) is 0.483. The van der Waals surface area contributed by atoms with E-state index >= 15 is 0 Å². The Kier molecular flexibility index (Phi) is 4.70. The van der Waals surface area contributed by atoms with Crippen LogP contribution in [0.2, 0.25) is 5.02 Å². The number of carbonyl (C=O) groups is 2. The third-order valence-electron chi connectivity index (χ3n) is 4.23. The number of hydrogen-bond donors (Lipinski definition) is 1. The molecule has 1 N–H and O–H groups in total. The van der Waals surface area contributed by atoms with Crippen molar-refractivity contribution in [3.05, 3.63) is 82.0 Å². The lowest BCUT2D eigenvalue weighted by Crippen LogP contribution is -2.11. The Morgan fingerprint density at radius 3 is 2.61 bits per heavy atom. The molecule has 0 spiro atoms. The number of fused-ring (bicyclic) bond motifs is 1. The Hall–Kier alpha value is -3.03. The highest BCUT2D eigenvalue weighted by Gasteiger charge is 2.18. The molecule has 0 fully saturated rings. The molecule has 0 aliphatic carbocycles. The van der Waals surface area contributed by atoms with Crippen molar-refractivity contribution in [1.29, 1.82) is 0 Å². The first-order valence-electron chi connectivity index (χ1n) is 8.25. The maximum Gasteiger partial charge on any atom is 0.267 e. The zero-order valence-electron chi connectivity index (χ0n) is 14.6. The molecule has 4 aromatic rings. The summed E-state index contributed by atoms with van der Waals surface area (Å²) < 4.78 is 15.6. The summed E-state index contributed by atoms with van der Waals surface area (Å²) in [7, 11) is 1.75. The third kappa shape index (κ3) is 3.30. The molecule has 0 aliphatic rings. The van der Waals surface area contributed by atoms with Gasteiger partial charge in [-0.2, -0.15) is 0 Å². The Labute approximate surface area is 168 Å². The number of carbonyl (C=O) groups excluding carboxylic acids is 2. The number of aryl methyl sites for hydroxylation is 1. The summed E-state index contributed by atoms with van der Waals surface area (Å²) in [5.74, 6) is -0.652. The van der Waals surface area contributed by atoms with Gasteiger partial charge in [0.2, 0.25) is 5.78 Å². The molecular formula is C20H13ClFN3O2S. The number of anilines is 1. The SMILES string of the molecule is Cn1ccnc1C(=O)c1ccc(NC(=O)c2sc3cc(F)ccc3c2Cl)cc1. The van der Waals surface area contributed by atoms with Crippen molar-refractivity contribution < 1.29 is 14.0 Å². The number of benzene rings is 2. The van der Waals surface area contributed by atoms with Crippen molar-refractivity contribution in [2.75, 3.05) is 5.32 Å². The number of aromatic nitrogens is 2. The van der Waals surface area contributed by atoms with E-state index in [-0.39, 0.29) is 11.6 Å². The van der Waals surface area contributed by atoms with Crippen LogP contribution in [0.3, 0.4) is 0 Å². The minimum absolute atomic E-state index is 0.208. The molecule has 0 saturated heterocycles. The van der Waals surface area contributed by atoms with Gasteiger partial charge in [-0.3, -0.25) is 9.59 Å². The van der Waals surface area contributed by atoms with Crippen molar-refractivity contribution in [3.63, 3.8) is 0 Å². The van der Waals surface area contributed by atoms with Gasteiger partial charge in [0, 0.05) is 40.8 Å². The molecule has 1 amide bonds. The Morgan fingerprint density at radius 1 is 1.18 bits per heavy atom. The molecule has 0 atom stereocenters. The molecule has 0 saturated carbocycles. The Bertz CT molecular complexity index is 1210. The fourth-order valence-electron chi connectivity index (χ4n) is 2.79. The summed E-state index contributed by atoms with van der Waals surface area (Å²) in [6.07, 6.45) is 3.25. The lowest BCUT2D eigenvalue weighted by molar-refractivity contribution is 0.102. The van der Waals surface area contributed by atoms with Crippen molar-refractivity contribution in [2.45, 2.75) is 0 Å². The monoisotopic (exact) mass is 413 g/mol. The maximum atomic E-state index is 13.4. The second-order valence-corrected chi connectivity index (χ2v) is 7.54. The molecule has 5 nitrogen and oxygen atoms in total. The summed E-state index contributed by atoms with van der Waals surface area (Å²) in [5, 5.41) is 3.67. The number of ketones is 1. The van der Waals surface area contributed by atoms with E-state index in [9.17, 15) is 14.0 Å². The molecule has 8 heteroatoms. The molecule has 140 valence electrons. The van der Waals surface area contributed by atoms with Crippen LogP contribution in [0, 0.1) is 5.82 Å². The zero-order chi connectivity index (χ0) is 19.8. The topological polar surface area (TPSA) is 64.0 Å². The van der Waals surface area contributed by atoms with E-state index in [1.54, 1.807) is 54.3 Å². The molecule has 2 heterocycles. The van der Waals surface area contributed by atoms with Crippen LogP contribution in [-0.2, 0) is 7.05 Å². The van der Waals surface area contributed by atoms with Gasteiger partial charge in [0.25, 0.3) is 5.91 Å². The number of imidazole rings is 1. The molecular weight excluding hydrogens is 401 g/mol. The van der Waals surface area contributed by atoms with Gasteiger partial charge in [-0.15, -0.1) is 11.3 Å². The number of nitrogens with zero attached hydrogens (tertiary/aromatic N) is 2. The van der Waals surface area contributed by atoms with Crippen molar-refractivity contribution in [2.24, 2.45) is 7.05 Å². The van der Waals surface area contributed by atoms with Gasteiger partial charge in [-0.25, -0.2) is 9.37 Å². The zero-order valence-corrected chi connectivity index (χ0v) is 16.1. The van der Waals surface area contributed by atoms with Crippen LogP contribution in [0.25, 0.3) is 10.1 Å². The average Bonchev–Trinajstić information content (AvgIpc) is 3.25. The van der Waals surface area contributed by atoms with Gasteiger partial charge < -0.3 is 9.88 Å². The minimum Gasteiger partial charge on any atom is -0.331 e. The van der Waals surface area contributed by atoms with E-state index in [0.717, 1.165) is 11.3 Å². The first kappa shape index (κ1) is 18.3. The molecule has 0 bridgehead atoms. The van der Waals surface area contributed by atoms with E-state index in [4.69, 9.17) is 11.6 Å². The standard InChI is InChI=1S/C20H13ClFN3O2S/c1-25-9-8-23-19(25)17(26)11-2-5-13(6-3-11)24-20(27)18-16(21)14-7-4-12(22)10-15(14)28-18/h2-10H,1H3,(H,24,27). The second kappa shape index (κ2) is 7.18. The molecule has 4 rings (SSSR count). The molecule has 0 aliphatic heterocycles. The highest BCUT2D eigenvalue weighted by atomic mass is 35.5. The fourth-order valence-corrected chi connectivity index (χ4v) is 4.23. The van der Waals surface area contributed by atoms with Gasteiger partial charge in [-0.05, 0) is 42.5 Å². The number of rotatable bonds is 4. The van der Waals surface area contributed by atoms with Gasteiger partial charge >= 0.3 is 0 Å². The first-order valence-corrected chi connectivity index (χ1v) is 9.44. The predicted octanol–water partition coefficient (Wildman–Crippen LogP) is 4.91. The number of amides is 1. The highest BCUT2D eigenvalue weighted by molar-refractivity contribution is 7.21. The summed E-state index contributed by atoms with van der Waals surface area (Å²) in [6, 6.07) is 10.7. The van der Waals surface area contributed by atoms with Crippen molar-refractivity contribution >= 4 is 50.4 Å². The highest BCUT2D eigenvalue weighted by Crippen LogP contribution is 2.36.